The Morgan fingerprint density at radius 3 is 2.83 bits per heavy atom. The van der Waals surface area contributed by atoms with Crippen LogP contribution in [0.25, 0.3) is 0 Å². The molecule has 1 rings (SSSR count). The lowest BCUT2D eigenvalue weighted by molar-refractivity contribution is 0.100. The number of hydrogen-bond acceptors (Lipinski definition) is 4. The lowest BCUT2D eigenvalue weighted by atomic mass is 10.3. The molecule has 0 aliphatic carbocycles. The van der Waals surface area contributed by atoms with Gasteiger partial charge < -0.3 is 10.5 Å². The van der Waals surface area contributed by atoms with Gasteiger partial charge in [0.15, 0.2) is 4.93 Å². The van der Waals surface area contributed by atoms with E-state index in [0.717, 1.165) is 5.75 Å². The van der Waals surface area contributed by atoms with E-state index in [9.17, 15) is 4.79 Å². The number of primary amides is 1. The van der Waals surface area contributed by atoms with Gasteiger partial charge in [0, 0.05) is 22.6 Å². The molecule has 1 unspecified atom stereocenters. The van der Waals surface area contributed by atoms with Gasteiger partial charge >= 0.3 is 6.09 Å². The van der Waals surface area contributed by atoms with E-state index >= 15 is 0 Å². The molecule has 1 aliphatic heterocycles. The average molecular weight is 315 g/mol. The smallest absolute Gasteiger partial charge is 0.405 e. The SMILES string of the molecule is NC(=O)OC1(CC#CI)CSS1. The Kier molecular flexibility index (Phi) is 3.86. The van der Waals surface area contributed by atoms with Crippen molar-refractivity contribution in [3.8, 4) is 9.85 Å². The number of amides is 1. The van der Waals surface area contributed by atoms with E-state index in [1.807, 2.05) is 22.6 Å². The summed E-state index contributed by atoms with van der Waals surface area (Å²) in [6, 6.07) is 0. The molecule has 0 radical (unpaired) electrons. The van der Waals surface area contributed by atoms with Crippen LogP contribution in [0.1, 0.15) is 6.42 Å². The second-order valence-corrected chi connectivity index (χ2v) is 5.31. The van der Waals surface area contributed by atoms with Crippen molar-refractivity contribution in [3.05, 3.63) is 0 Å². The van der Waals surface area contributed by atoms with Gasteiger partial charge in [0.1, 0.15) is 0 Å². The fourth-order valence-corrected chi connectivity index (χ4v) is 3.11. The highest BCUT2D eigenvalue weighted by molar-refractivity contribution is 14.1. The largest absolute Gasteiger partial charge is 0.429 e. The molecular formula is C6H6INO2S2. The molecule has 2 N–H and O–H groups in total. The predicted octanol–water partition coefficient (Wildman–Crippen LogP) is 1.96. The first-order valence-electron chi connectivity index (χ1n) is 3.06. The molecule has 1 heterocycles. The number of carbonyl (C=O) groups excluding carboxylic acids is 1. The molecule has 12 heavy (non-hydrogen) atoms. The molecule has 66 valence electrons. The lowest BCUT2D eigenvalue weighted by Gasteiger charge is -2.36. The van der Waals surface area contributed by atoms with Crippen LogP contribution in [0.3, 0.4) is 0 Å². The Balaban J connectivity index is 2.48. The molecule has 1 fully saturated rings. The van der Waals surface area contributed by atoms with E-state index < -0.39 is 11.0 Å². The highest BCUT2D eigenvalue weighted by Gasteiger charge is 2.42. The van der Waals surface area contributed by atoms with Gasteiger partial charge in [-0.1, -0.05) is 16.7 Å². The monoisotopic (exact) mass is 315 g/mol. The highest BCUT2D eigenvalue weighted by Crippen LogP contribution is 2.52. The van der Waals surface area contributed by atoms with Crippen molar-refractivity contribution in [2.45, 2.75) is 11.4 Å². The van der Waals surface area contributed by atoms with Gasteiger partial charge in [0.2, 0.25) is 0 Å². The van der Waals surface area contributed by atoms with Crippen LogP contribution in [-0.4, -0.2) is 16.8 Å². The molecule has 0 aromatic rings. The zero-order valence-corrected chi connectivity index (χ0v) is 9.79. The molecule has 0 bridgehead atoms. The van der Waals surface area contributed by atoms with E-state index in [-0.39, 0.29) is 0 Å². The van der Waals surface area contributed by atoms with Crippen LogP contribution in [0, 0.1) is 9.85 Å². The number of nitrogens with two attached hydrogens (primary N) is 1. The molecule has 1 saturated heterocycles. The number of rotatable bonds is 2. The summed E-state index contributed by atoms with van der Waals surface area (Å²) in [7, 11) is 3.16. The quantitative estimate of drug-likeness (QED) is 0.481. The van der Waals surface area contributed by atoms with Crippen LogP contribution in [-0.2, 0) is 4.74 Å². The van der Waals surface area contributed by atoms with Gasteiger partial charge in [-0.3, -0.25) is 0 Å². The number of ether oxygens (including phenoxy) is 1. The maximum Gasteiger partial charge on any atom is 0.405 e. The molecule has 0 aromatic carbocycles. The van der Waals surface area contributed by atoms with Crippen LogP contribution < -0.4 is 5.73 Å². The Bertz CT molecular complexity index is 244. The first kappa shape index (κ1) is 10.3. The van der Waals surface area contributed by atoms with Gasteiger partial charge in [-0.05, 0) is 14.7 Å². The fraction of sp³-hybridized carbons (Fsp3) is 0.500. The molecule has 0 aromatic heterocycles. The standard InChI is InChI=1S/C6H6INO2S2/c7-3-1-2-6(4-11-12-6)10-5(8)9/h2,4H2,(H2,8,9). The zero-order valence-electron chi connectivity index (χ0n) is 6.00. The Labute approximate surface area is 92.1 Å². The number of hydrogen-bond donors (Lipinski definition) is 1. The van der Waals surface area contributed by atoms with Crippen molar-refractivity contribution in [3.63, 3.8) is 0 Å². The number of halogens is 1. The van der Waals surface area contributed by atoms with Crippen LogP contribution in [0.15, 0.2) is 0 Å². The maximum absolute atomic E-state index is 10.5. The van der Waals surface area contributed by atoms with Gasteiger partial charge in [-0.2, -0.15) is 0 Å². The number of carbonyl (C=O) groups is 1. The third-order valence-corrected chi connectivity index (χ3v) is 4.76. The van der Waals surface area contributed by atoms with E-state index in [1.165, 1.54) is 10.8 Å². The van der Waals surface area contributed by atoms with Crippen LogP contribution in [0.2, 0.25) is 0 Å². The maximum atomic E-state index is 10.5. The van der Waals surface area contributed by atoms with Crippen molar-refractivity contribution in [2.75, 3.05) is 5.75 Å². The van der Waals surface area contributed by atoms with E-state index in [4.69, 9.17) is 10.5 Å². The molecule has 3 nitrogen and oxygen atoms in total. The topological polar surface area (TPSA) is 52.3 Å². The minimum Gasteiger partial charge on any atom is -0.429 e. The molecule has 1 aliphatic rings. The van der Waals surface area contributed by atoms with Crippen molar-refractivity contribution in [1.82, 2.24) is 0 Å². The Morgan fingerprint density at radius 2 is 2.50 bits per heavy atom. The molecule has 6 heteroatoms. The van der Waals surface area contributed by atoms with Crippen LogP contribution in [0.4, 0.5) is 4.79 Å². The Morgan fingerprint density at radius 1 is 1.83 bits per heavy atom. The summed E-state index contributed by atoms with van der Waals surface area (Å²) in [5.74, 6) is 3.64. The van der Waals surface area contributed by atoms with Crippen molar-refractivity contribution < 1.29 is 9.53 Å². The van der Waals surface area contributed by atoms with Crippen molar-refractivity contribution in [1.29, 1.82) is 0 Å². The first-order chi connectivity index (χ1) is 5.68. The van der Waals surface area contributed by atoms with Gasteiger partial charge in [-0.15, -0.1) is 0 Å². The third kappa shape index (κ3) is 2.64. The van der Waals surface area contributed by atoms with Gasteiger partial charge in [-0.25, -0.2) is 4.79 Å². The molecular weight excluding hydrogens is 309 g/mol. The fourth-order valence-electron chi connectivity index (χ4n) is 0.705. The third-order valence-electron chi connectivity index (χ3n) is 1.20. The van der Waals surface area contributed by atoms with Crippen molar-refractivity contribution in [2.24, 2.45) is 5.73 Å². The highest BCUT2D eigenvalue weighted by atomic mass is 127. The van der Waals surface area contributed by atoms with Gasteiger partial charge in [0.25, 0.3) is 0 Å². The van der Waals surface area contributed by atoms with Crippen LogP contribution in [0.5, 0.6) is 0 Å². The minimum absolute atomic E-state index is 0.478. The summed E-state index contributed by atoms with van der Waals surface area (Å²) in [5, 5.41) is 0. The molecule has 1 amide bonds. The Hall–Kier alpha value is 0.260. The van der Waals surface area contributed by atoms with Gasteiger partial charge in [0.05, 0.1) is 12.2 Å². The summed E-state index contributed by atoms with van der Waals surface area (Å²) in [4.78, 5) is 10.0. The average Bonchev–Trinajstić information content (AvgIpc) is 1.94. The van der Waals surface area contributed by atoms with E-state index in [0.29, 0.717) is 6.42 Å². The first-order valence-corrected chi connectivity index (χ1v) is 6.46. The second kappa shape index (κ2) is 4.48. The predicted molar refractivity (Wildman–Crippen MR) is 59.9 cm³/mol. The van der Waals surface area contributed by atoms with E-state index in [1.54, 1.807) is 10.8 Å². The summed E-state index contributed by atoms with van der Waals surface area (Å²) in [6.07, 6.45) is -0.172. The lowest BCUT2D eigenvalue weighted by Crippen LogP contribution is -2.40. The van der Waals surface area contributed by atoms with E-state index in [2.05, 4.69) is 9.85 Å². The summed E-state index contributed by atoms with van der Waals surface area (Å²) >= 11 is 1.95. The van der Waals surface area contributed by atoms with Crippen LogP contribution >= 0.6 is 44.2 Å². The minimum atomic E-state index is -0.724. The normalized spacial score (nSPS) is 26.4. The molecule has 1 atom stereocenters. The zero-order chi connectivity index (χ0) is 9.03. The summed E-state index contributed by atoms with van der Waals surface area (Å²) in [6.45, 7) is 0. The molecule has 0 spiro atoms. The summed E-state index contributed by atoms with van der Waals surface area (Å²) in [5.41, 5.74) is 4.93. The molecule has 0 saturated carbocycles. The second-order valence-electron chi connectivity index (χ2n) is 2.13. The van der Waals surface area contributed by atoms with Crippen molar-refractivity contribution >= 4 is 50.3 Å². The summed E-state index contributed by atoms with van der Waals surface area (Å²) < 4.78 is 7.68.